The minimum atomic E-state index is 0.761. The molecular weight excluding hydrogens is 234 g/mol. The second-order valence-electron chi connectivity index (χ2n) is 5.56. The molecule has 19 heavy (non-hydrogen) atoms. The van der Waals surface area contributed by atoms with Crippen molar-refractivity contribution in [1.82, 2.24) is 5.32 Å². The van der Waals surface area contributed by atoms with Gasteiger partial charge in [-0.1, -0.05) is 25.1 Å². The molecule has 1 aromatic carbocycles. The molecule has 1 aliphatic carbocycles. The van der Waals surface area contributed by atoms with Crippen LogP contribution in [0.1, 0.15) is 45.4 Å². The summed E-state index contributed by atoms with van der Waals surface area (Å²) in [6.45, 7) is 4.25. The zero-order valence-electron chi connectivity index (χ0n) is 12.1. The van der Waals surface area contributed by atoms with Gasteiger partial charge in [0.15, 0.2) is 0 Å². The summed E-state index contributed by atoms with van der Waals surface area (Å²) >= 11 is 0. The lowest BCUT2D eigenvalue weighted by molar-refractivity contribution is 0.298. The maximum absolute atomic E-state index is 5.72. The third-order valence-corrected chi connectivity index (χ3v) is 3.77. The van der Waals surface area contributed by atoms with E-state index in [2.05, 4.69) is 12.2 Å². The van der Waals surface area contributed by atoms with E-state index >= 15 is 0 Å². The molecule has 2 nitrogen and oxygen atoms in total. The van der Waals surface area contributed by atoms with Crippen molar-refractivity contribution >= 4 is 0 Å². The van der Waals surface area contributed by atoms with Gasteiger partial charge in [0.05, 0.1) is 6.61 Å². The Balaban J connectivity index is 1.55. The van der Waals surface area contributed by atoms with Crippen LogP contribution in [-0.2, 0) is 0 Å². The summed E-state index contributed by atoms with van der Waals surface area (Å²) in [4.78, 5) is 0. The van der Waals surface area contributed by atoms with E-state index in [-0.39, 0.29) is 0 Å². The van der Waals surface area contributed by atoms with Crippen molar-refractivity contribution in [3.63, 3.8) is 0 Å². The van der Waals surface area contributed by atoms with Crippen LogP contribution in [-0.4, -0.2) is 19.2 Å². The molecule has 0 aliphatic heterocycles. The van der Waals surface area contributed by atoms with Gasteiger partial charge in [-0.25, -0.2) is 0 Å². The van der Waals surface area contributed by atoms with Gasteiger partial charge in [0.25, 0.3) is 0 Å². The third-order valence-electron chi connectivity index (χ3n) is 3.77. The maximum atomic E-state index is 5.72. The number of hydrogen-bond donors (Lipinski definition) is 1. The van der Waals surface area contributed by atoms with Crippen LogP contribution in [0.2, 0.25) is 0 Å². The number of hydrogen-bond acceptors (Lipinski definition) is 2. The Morgan fingerprint density at radius 2 is 2.00 bits per heavy atom. The highest BCUT2D eigenvalue weighted by atomic mass is 16.5. The number of benzene rings is 1. The fourth-order valence-electron chi connectivity index (χ4n) is 2.51. The lowest BCUT2D eigenvalue weighted by atomic mass is 10.1. The molecule has 0 radical (unpaired) electrons. The van der Waals surface area contributed by atoms with E-state index < -0.39 is 0 Å². The molecule has 0 heterocycles. The van der Waals surface area contributed by atoms with Gasteiger partial charge in [0, 0.05) is 6.04 Å². The minimum absolute atomic E-state index is 0.761. The number of ether oxygens (including phenoxy) is 1. The van der Waals surface area contributed by atoms with Gasteiger partial charge < -0.3 is 10.1 Å². The van der Waals surface area contributed by atoms with E-state index in [1.54, 1.807) is 0 Å². The van der Waals surface area contributed by atoms with Crippen LogP contribution in [0.4, 0.5) is 0 Å². The molecule has 2 heteroatoms. The maximum Gasteiger partial charge on any atom is 0.119 e. The van der Waals surface area contributed by atoms with Crippen molar-refractivity contribution in [2.24, 2.45) is 5.92 Å². The fraction of sp³-hybridized carbons (Fsp3) is 0.647. The average molecular weight is 261 g/mol. The molecule has 0 saturated heterocycles. The molecule has 0 aromatic heterocycles. The second-order valence-corrected chi connectivity index (χ2v) is 5.56. The highest BCUT2D eigenvalue weighted by Gasteiger charge is 2.29. The average Bonchev–Trinajstić information content (AvgIpc) is 3.27. The Morgan fingerprint density at radius 3 is 2.68 bits per heavy atom. The van der Waals surface area contributed by atoms with Crippen molar-refractivity contribution in [1.29, 1.82) is 0 Å². The molecule has 1 fully saturated rings. The standard InChI is InChI=1S/C17H27NO/c1-2-13-18-17(15-11-12-15)10-6-7-14-19-16-8-4-3-5-9-16/h3-5,8-9,15,17-18H,2,6-7,10-14H2,1H3. The van der Waals surface area contributed by atoms with E-state index in [4.69, 9.17) is 4.74 Å². The van der Waals surface area contributed by atoms with Crippen LogP contribution < -0.4 is 10.1 Å². The Morgan fingerprint density at radius 1 is 1.21 bits per heavy atom. The molecule has 106 valence electrons. The highest BCUT2D eigenvalue weighted by Crippen LogP contribution is 2.34. The second kappa shape index (κ2) is 8.21. The van der Waals surface area contributed by atoms with Crippen molar-refractivity contribution in [2.75, 3.05) is 13.2 Å². The first kappa shape index (κ1) is 14.4. The normalized spacial score (nSPS) is 16.3. The Labute approximate surface area is 117 Å². The summed E-state index contributed by atoms with van der Waals surface area (Å²) in [5.41, 5.74) is 0. The SMILES string of the molecule is CCCNC(CCCCOc1ccccc1)C1CC1. The predicted molar refractivity (Wildman–Crippen MR) is 80.6 cm³/mol. The van der Waals surface area contributed by atoms with E-state index in [0.717, 1.165) is 30.7 Å². The van der Waals surface area contributed by atoms with Crippen LogP contribution in [0.15, 0.2) is 30.3 Å². The summed E-state index contributed by atoms with van der Waals surface area (Å²) in [6.07, 6.45) is 7.84. The first-order chi connectivity index (χ1) is 9.40. The van der Waals surface area contributed by atoms with E-state index in [1.165, 1.54) is 38.6 Å². The summed E-state index contributed by atoms with van der Waals surface area (Å²) in [5.74, 6) is 1.95. The summed E-state index contributed by atoms with van der Waals surface area (Å²) in [6, 6.07) is 10.9. The van der Waals surface area contributed by atoms with E-state index in [9.17, 15) is 0 Å². The summed E-state index contributed by atoms with van der Waals surface area (Å²) in [5, 5.41) is 3.70. The highest BCUT2D eigenvalue weighted by molar-refractivity contribution is 5.20. The van der Waals surface area contributed by atoms with Crippen molar-refractivity contribution in [3.8, 4) is 5.75 Å². The molecule has 2 rings (SSSR count). The molecule has 0 bridgehead atoms. The molecular formula is C17H27NO. The zero-order chi connectivity index (χ0) is 13.3. The molecule has 0 spiro atoms. The lowest BCUT2D eigenvalue weighted by Crippen LogP contribution is -2.31. The van der Waals surface area contributed by atoms with Gasteiger partial charge in [0.1, 0.15) is 5.75 Å². The monoisotopic (exact) mass is 261 g/mol. The van der Waals surface area contributed by atoms with Crippen LogP contribution >= 0.6 is 0 Å². The van der Waals surface area contributed by atoms with Crippen LogP contribution in [0, 0.1) is 5.92 Å². The topological polar surface area (TPSA) is 21.3 Å². The lowest BCUT2D eigenvalue weighted by Gasteiger charge is -2.17. The number of para-hydroxylation sites is 1. The molecule has 0 amide bonds. The zero-order valence-corrected chi connectivity index (χ0v) is 12.1. The number of unbranched alkanes of at least 4 members (excludes halogenated alkanes) is 1. The Bertz CT molecular complexity index is 334. The first-order valence-corrected chi connectivity index (χ1v) is 7.81. The molecule has 1 saturated carbocycles. The van der Waals surface area contributed by atoms with Crippen molar-refractivity contribution in [2.45, 2.75) is 51.5 Å². The molecule has 1 N–H and O–H groups in total. The Hall–Kier alpha value is -1.02. The molecule has 1 atom stereocenters. The number of nitrogens with one attached hydrogen (secondary N) is 1. The van der Waals surface area contributed by atoms with Crippen LogP contribution in [0.25, 0.3) is 0 Å². The van der Waals surface area contributed by atoms with Gasteiger partial charge in [-0.15, -0.1) is 0 Å². The van der Waals surface area contributed by atoms with Gasteiger partial charge in [-0.2, -0.15) is 0 Å². The van der Waals surface area contributed by atoms with Gasteiger partial charge in [-0.3, -0.25) is 0 Å². The largest absolute Gasteiger partial charge is 0.494 e. The van der Waals surface area contributed by atoms with Gasteiger partial charge >= 0.3 is 0 Å². The summed E-state index contributed by atoms with van der Waals surface area (Å²) in [7, 11) is 0. The van der Waals surface area contributed by atoms with Crippen LogP contribution in [0.3, 0.4) is 0 Å². The van der Waals surface area contributed by atoms with Crippen molar-refractivity contribution < 1.29 is 4.74 Å². The first-order valence-electron chi connectivity index (χ1n) is 7.81. The molecule has 1 aliphatic rings. The summed E-state index contributed by atoms with van der Waals surface area (Å²) < 4.78 is 5.72. The Kier molecular flexibility index (Phi) is 6.22. The predicted octanol–water partition coefficient (Wildman–Crippen LogP) is 4.01. The van der Waals surface area contributed by atoms with Gasteiger partial charge in [0.2, 0.25) is 0 Å². The third kappa shape index (κ3) is 5.65. The molecule has 1 unspecified atom stereocenters. The fourth-order valence-corrected chi connectivity index (χ4v) is 2.51. The van der Waals surface area contributed by atoms with E-state index in [1.807, 2.05) is 30.3 Å². The van der Waals surface area contributed by atoms with Crippen molar-refractivity contribution in [3.05, 3.63) is 30.3 Å². The molecule has 1 aromatic rings. The van der Waals surface area contributed by atoms with Gasteiger partial charge in [-0.05, 0) is 63.1 Å². The number of rotatable bonds is 10. The quantitative estimate of drug-likeness (QED) is 0.642. The van der Waals surface area contributed by atoms with Crippen LogP contribution in [0.5, 0.6) is 5.75 Å². The van der Waals surface area contributed by atoms with E-state index in [0.29, 0.717) is 0 Å². The minimum Gasteiger partial charge on any atom is -0.494 e. The smallest absolute Gasteiger partial charge is 0.119 e.